The molecule has 21 heavy (non-hydrogen) atoms. The van der Waals surface area contributed by atoms with E-state index in [1.165, 1.54) is 6.08 Å². The van der Waals surface area contributed by atoms with E-state index in [1.54, 1.807) is 6.08 Å². The predicted octanol–water partition coefficient (Wildman–Crippen LogP) is 3.37. The van der Waals surface area contributed by atoms with Gasteiger partial charge in [-0.2, -0.15) is 0 Å². The number of nitrogens with one attached hydrogen (secondary N) is 1. The molecule has 0 aromatic heterocycles. The van der Waals surface area contributed by atoms with Crippen molar-refractivity contribution in [1.82, 2.24) is 5.32 Å². The maximum atomic E-state index is 12.0. The lowest BCUT2D eigenvalue weighted by atomic mass is 9.81. The quantitative estimate of drug-likeness (QED) is 0.817. The average molecular weight is 352 g/mol. The maximum absolute atomic E-state index is 12.0. The van der Waals surface area contributed by atoms with E-state index in [-0.39, 0.29) is 5.91 Å². The van der Waals surface area contributed by atoms with E-state index in [1.807, 2.05) is 24.3 Å². The number of carbonyl (C=O) groups is 2. The summed E-state index contributed by atoms with van der Waals surface area (Å²) in [5.41, 5.74) is -0.228. The van der Waals surface area contributed by atoms with Crippen molar-refractivity contribution in [2.75, 3.05) is 0 Å². The van der Waals surface area contributed by atoms with Gasteiger partial charge in [0, 0.05) is 10.5 Å². The van der Waals surface area contributed by atoms with Crippen LogP contribution in [0.25, 0.3) is 6.08 Å². The minimum atomic E-state index is -1.10. The van der Waals surface area contributed by atoms with E-state index < -0.39 is 11.5 Å². The highest BCUT2D eigenvalue weighted by Crippen LogP contribution is 2.28. The molecule has 1 aliphatic carbocycles. The summed E-state index contributed by atoms with van der Waals surface area (Å²) in [6.07, 6.45) is 6.75. The number of aliphatic carboxylic acids is 1. The van der Waals surface area contributed by atoms with Crippen molar-refractivity contribution in [3.05, 3.63) is 40.4 Å². The van der Waals surface area contributed by atoms with Crippen LogP contribution in [0.5, 0.6) is 0 Å². The molecule has 1 amide bonds. The van der Waals surface area contributed by atoms with Gasteiger partial charge in [0.05, 0.1) is 0 Å². The van der Waals surface area contributed by atoms with Crippen LogP contribution in [-0.4, -0.2) is 22.5 Å². The number of hydrogen-bond donors (Lipinski definition) is 2. The molecule has 1 aromatic carbocycles. The summed E-state index contributed by atoms with van der Waals surface area (Å²) in [4.78, 5) is 23.5. The molecule has 1 fully saturated rings. The third-order valence-corrected chi connectivity index (χ3v) is 4.52. The number of carboxylic acids is 1. The molecule has 4 nitrogen and oxygen atoms in total. The van der Waals surface area contributed by atoms with Crippen molar-refractivity contribution in [3.8, 4) is 0 Å². The molecule has 0 saturated heterocycles. The molecule has 1 aromatic rings. The molecule has 0 heterocycles. The Bertz CT molecular complexity index is 562. The van der Waals surface area contributed by atoms with Gasteiger partial charge in [-0.05, 0) is 30.5 Å². The fraction of sp³-hybridized carbons (Fsp3) is 0.375. The van der Waals surface area contributed by atoms with E-state index in [4.69, 9.17) is 0 Å². The van der Waals surface area contributed by atoms with Crippen LogP contribution in [0.15, 0.2) is 34.8 Å². The molecule has 0 bridgehead atoms. The topological polar surface area (TPSA) is 66.4 Å². The second-order valence-electron chi connectivity index (χ2n) is 5.29. The summed E-state index contributed by atoms with van der Waals surface area (Å²) in [6.45, 7) is 0. The van der Waals surface area contributed by atoms with Gasteiger partial charge in [-0.25, -0.2) is 4.79 Å². The molecule has 0 spiro atoms. The first kappa shape index (κ1) is 15.8. The van der Waals surface area contributed by atoms with Crippen LogP contribution in [0.4, 0.5) is 0 Å². The highest BCUT2D eigenvalue weighted by Gasteiger charge is 2.40. The fourth-order valence-corrected chi connectivity index (χ4v) is 3.02. The highest BCUT2D eigenvalue weighted by molar-refractivity contribution is 9.10. The minimum Gasteiger partial charge on any atom is -0.480 e. The zero-order chi connectivity index (χ0) is 15.3. The number of carbonyl (C=O) groups excluding carboxylic acids is 1. The normalized spacial score (nSPS) is 17.6. The van der Waals surface area contributed by atoms with Crippen LogP contribution in [0, 0.1) is 0 Å². The van der Waals surface area contributed by atoms with Gasteiger partial charge >= 0.3 is 5.97 Å². The van der Waals surface area contributed by atoms with Gasteiger partial charge in [0.1, 0.15) is 5.54 Å². The van der Waals surface area contributed by atoms with Crippen molar-refractivity contribution in [2.45, 2.75) is 37.6 Å². The minimum absolute atomic E-state index is 0.366. The smallest absolute Gasteiger partial charge is 0.329 e. The number of amides is 1. The molecular formula is C16H18BrNO3. The first-order valence-electron chi connectivity index (χ1n) is 7.02. The number of halogens is 1. The van der Waals surface area contributed by atoms with Crippen molar-refractivity contribution in [1.29, 1.82) is 0 Å². The van der Waals surface area contributed by atoms with Gasteiger partial charge in [0.25, 0.3) is 0 Å². The summed E-state index contributed by atoms with van der Waals surface area (Å²) >= 11 is 3.40. The predicted molar refractivity (Wildman–Crippen MR) is 84.8 cm³/mol. The Morgan fingerprint density at radius 2 is 1.86 bits per heavy atom. The lowest BCUT2D eigenvalue weighted by Gasteiger charge is -2.33. The molecule has 2 rings (SSSR count). The largest absolute Gasteiger partial charge is 0.480 e. The summed E-state index contributed by atoms with van der Waals surface area (Å²) in [5, 5.41) is 12.1. The second-order valence-corrected chi connectivity index (χ2v) is 6.15. The Hall–Kier alpha value is -1.62. The molecule has 5 heteroatoms. The van der Waals surface area contributed by atoms with Crippen molar-refractivity contribution < 1.29 is 14.7 Å². The van der Waals surface area contributed by atoms with Crippen LogP contribution in [0.3, 0.4) is 0 Å². The lowest BCUT2D eigenvalue weighted by molar-refractivity contribution is -0.148. The van der Waals surface area contributed by atoms with Crippen molar-refractivity contribution in [3.63, 3.8) is 0 Å². The number of carboxylic acid groups (broad SMARTS) is 1. The number of rotatable bonds is 4. The van der Waals surface area contributed by atoms with Crippen LogP contribution in [0.2, 0.25) is 0 Å². The Balaban J connectivity index is 2.06. The SMILES string of the molecule is O=C(C=Cc1ccccc1Br)NC1(C(=O)O)CCCCC1. The molecule has 0 atom stereocenters. The third-order valence-electron chi connectivity index (χ3n) is 3.80. The Morgan fingerprint density at radius 3 is 2.48 bits per heavy atom. The van der Waals surface area contributed by atoms with Gasteiger partial charge in [-0.15, -0.1) is 0 Å². The van der Waals surface area contributed by atoms with E-state index in [0.29, 0.717) is 12.8 Å². The molecule has 0 aliphatic heterocycles. The summed E-state index contributed by atoms with van der Waals surface area (Å²) in [5.74, 6) is -1.31. The first-order chi connectivity index (χ1) is 10.0. The zero-order valence-corrected chi connectivity index (χ0v) is 13.2. The lowest BCUT2D eigenvalue weighted by Crippen LogP contribution is -2.55. The van der Waals surface area contributed by atoms with Gasteiger partial charge < -0.3 is 10.4 Å². The molecule has 0 radical (unpaired) electrons. The van der Waals surface area contributed by atoms with E-state index in [2.05, 4.69) is 21.2 Å². The van der Waals surface area contributed by atoms with E-state index in [9.17, 15) is 14.7 Å². The van der Waals surface area contributed by atoms with Crippen LogP contribution in [-0.2, 0) is 9.59 Å². The van der Waals surface area contributed by atoms with Crippen LogP contribution in [0.1, 0.15) is 37.7 Å². The maximum Gasteiger partial charge on any atom is 0.329 e. The number of benzene rings is 1. The van der Waals surface area contributed by atoms with Crippen molar-refractivity contribution in [2.24, 2.45) is 0 Å². The monoisotopic (exact) mass is 351 g/mol. The highest BCUT2D eigenvalue weighted by atomic mass is 79.9. The number of hydrogen-bond acceptors (Lipinski definition) is 2. The Morgan fingerprint density at radius 1 is 1.19 bits per heavy atom. The third kappa shape index (κ3) is 3.94. The summed E-state index contributed by atoms with van der Waals surface area (Å²) < 4.78 is 0.889. The van der Waals surface area contributed by atoms with Crippen LogP contribution < -0.4 is 5.32 Å². The van der Waals surface area contributed by atoms with E-state index >= 15 is 0 Å². The summed E-state index contributed by atoms with van der Waals surface area (Å²) in [6, 6.07) is 7.53. The fourth-order valence-electron chi connectivity index (χ4n) is 2.60. The Labute approximate surface area is 132 Å². The van der Waals surface area contributed by atoms with Crippen molar-refractivity contribution >= 4 is 33.9 Å². The Kier molecular flexibility index (Phi) is 5.17. The van der Waals surface area contributed by atoms with E-state index in [0.717, 1.165) is 29.3 Å². The van der Waals surface area contributed by atoms with Crippen LogP contribution >= 0.6 is 15.9 Å². The van der Waals surface area contributed by atoms with Gasteiger partial charge in [-0.1, -0.05) is 53.4 Å². The standard InChI is InChI=1S/C16H18BrNO3/c17-13-7-3-2-6-12(13)8-9-14(19)18-16(15(20)21)10-4-1-5-11-16/h2-3,6-9H,1,4-5,10-11H2,(H,18,19)(H,20,21). The van der Waals surface area contributed by atoms with Gasteiger partial charge in [0.2, 0.25) is 5.91 Å². The van der Waals surface area contributed by atoms with Gasteiger partial charge in [0.15, 0.2) is 0 Å². The molecule has 1 saturated carbocycles. The van der Waals surface area contributed by atoms with Gasteiger partial charge in [-0.3, -0.25) is 4.79 Å². The average Bonchev–Trinajstić information content (AvgIpc) is 2.47. The molecule has 1 aliphatic rings. The molecule has 0 unspecified atom stereocenters. The first-order valence-corrected chi connectivity index (χ1v) is 7.81. The molecule has 112 valence electrons. The second kappa shape index (κ2) is 6.89. The zero-order valence-electron chi connectivity index (χ0n) is 11.6. The molecular weight excluding hydrogens is 334 g/mol. The molecule has 2 N–H and O–H groups in total. The summed E-state index contributed by atoms with van der Waals surface area (Å²) in [7, 11) is 0.